The van der Waals surface area contributed by atoms with Crippen molar-refractivity contribution in [1.29, 1.82) is 0 Å². The van der Waals surface area contributed by atoms with Crippen LogP contribution in [0.2, 0.25) is 0 Å². The van der Waals surface area contributed by atoms with Gasteiger partial charge in [-0.1, -0.05) is 68.4 Å². The summed E-state index contributed by atoms with van der Waals surface area (Å²) in [5.74, 6) is -1.80. The summed E-state index contributed by atoms with van der Waals surface area (Å²) in [4.78, 5) is 72.6. The molecule has 2 aliphatic heterocycles. The predicted octanol–water partition coefficient (Wildman–Crippen LogP) is 3.46. The zero-order chi connectivity index (χ0) is 34.4. The molecule has 48 heavy (non-hydrogen) atoms. The van der Waals surface area contributed by atoms with Gasteiger partial charge in [0.15, 0.2) is 5.78 Å². The Balaban J connectivity index is 1.30. The van der Waals surface area contributed by atoms with Crippen molar-refractivity contribution in [2.24, 2.45) is 5.92 Å². The van der Waals surface area contributed by atoms with Crippen molar-refractivity contribution >= 4 is 40.7 Å². The van der Waals surface area contributed by atoms with Crippen LogP contribution in [0.25, 0.3) is 11.1 Å². The molecule has 1 aromatic heterocycles. The van der Waals surface area contributed by atoms with Crippen LogP contribution in [0.1, 0.15) is 60.3 Å². The second-order valence-electron chi connectivity index (χ2n) is 13.1. The van der Waals surface area contributed by atoms with Gasteiger partial charge in [-0.05, 0) is 55.7 Å². The number of likely N-dealkylation sites (tertiary alicyclic amines) is 1. The fraction of sp³-hybridized carbons (Fsp3) is 0.444. The van der Waals surface area contributed by atoms with Crippen LogP contribution in [0.3, 0.4) is 0 Å². The van der Waals surface area contributed by atoms with Crippen molar-refractivity contribution in [2.45, 2.75) is 77.1 Å². The molecule has 0 aliphatic carbocycles. The number of carbonyl (C=O) groups excluding carboxylic acids is 5. The fourth-order valence-electron chi connectivity index (χ4n) is 5.92. The molecule has 2 saturated heterocycles. The minimum atomic E-state index is -1.01. The Morgan fingerprint density at radius 1 is 1.00 bits per heavy atom. The van der Waals surface area contributed by atoms with Gasteiger partial charge in [0, 0.05) is 13.0 Å². The molecular formula is C36H43N5O6S. The van der Waals surface area contributed by atoms with Gasteiger partial charge in [-0.2, -0.15) is 0 Å². The number of ether oxygens (including phenoxy) is 1. The molecule has 11 nitrogen and oxygen atoms in total. The average Bonchev–Trinajstić information content (AvgIpc) is 3.42. The second kappa shape index (κ2) is 15.2. The number of aryl methyl sites for hydroxylation is 1. The molecule has 4 amide bonds. The monoisotopic (exact) mass is 673 g/mol. The summed E-state index contributed by atoms with van der Waals surface area (Å²) in [5.41, 5.74) is 1.97. The van der Waals surface area contributed by atoms with Crippen molar-refractivity contribution in [3.63, 3.8) is 0 Å². The summed E-state index contributed by atoms with van der Waals surface area (Å²) in [6.45, 7) is 7.85. The number of aromatic nitrogens is 1. The summed E-state index contributed by atoms with van der Waals surface area (Å²) in [6, 6.07) is 15.1. The molecule has 12 heteroatoms. The Kier molecular flexibility index (Phi) is 11.1. The van der Waals surface area contributed by atoms with Crippen molar-refractivity contribution in [1.82, 2.24) is 25.8 Å². The normalized spacial score (nSPS) is 19.8. The minimum absolute atomic E-state index is 0.124. The maximum absolute atomic E-state index is 13.9. The van der Waals surface area contributed by atoms with Crippen LogP contribution in [0.5, 0.6) is 0 Å². The van der Waals surface area contributed by atoms with Gasteiger partial charge in [0.1, 0.15) is 22.6 Å². The SMILES string of the molecule is Cc1ncc(C(=O)NCC(=O)N2CCC[C@H]2C(=O)N[C@@H](Cc2ccc(-c3ccccc3)cc2)C(=O)N[C@@H](CC(C)C)C(=O)[C@@]2(C)CO2)s1. The number of hydrogen-bond donors (Lipinski definition) is 3. The summed E-state index contributed by atoms with van der Waals surface area (Å²) < 4.78 is 5.40. The topological polar surface area (TPSA) is 150 Å². The van der Waals surface area contributed by atoms with Crippen LogP contribution in [0, 0.1) is 12.8 Å². The number of nitrogens with zero attached hydrogens (tertiary/aromatic N) is 2. The molecule has 3 heterocycles. The number of amides is 4. The van der Waals surface area contributed by atoms with Gasteiger partial charge in [-0.3, -0.25) is 24.0 Å². The number of benzene rings is 2. The third kappa shape index (κ3) is 8.73. The van der Waals surface area contributed by atoms with Crippen LogP contribution in [0.4, 0.5) is 0 Å². The molecule has 0 saturated carbocycles. The van der Waals surface area contributed by atoms with Gasteiger partial charge >= 0.3 is 0 Å². The number of nitrogens with one attached hydrogen (secondary N) is 3. The zero-order valence-electron chi connectivity index (χ0n) is 27.8. The Bertz CT molecular complexity index is 1640. The first-order valence-corrected chi connectivity index (χ1v) is 17.2. The number of ketones is 1. The van der Waals surface area contributed by atoms with Gasteiger partial charge in [0.25, 0.3) is 5.91 Å². The average molecular weight is 674 g/mol. The van der Waals surface area contributed by atoms with Gasteiger partial charge in [0.2, 0.25) is 17.7 Å². The molecule has 0 spiro atoms. The van der Waals surface area contributed by atoms with Crippen molar-refractivity contribution in [3.8, 4) is 11.1 Å². The molecule has 0 unspecified atom stereocenters. The number of hydrogen-bond acceptors (Lipinski definition) is 8. The first-order chi connectivity index (χ1) is 22.9. The summed E-state index contributed by atoms with van der Waals surface area (Å²) >= 11 is 1.23. The van der Waals surface area contributed by atoms with E-state index in [1.165, 1.54) is 22.4 Å². The van der Waals surface area contributed by atoms with Crippen molar-refractivity contribution in [3.05, 3.63) is 76.2 Å². The Labute approximate surface area is 284 Å². The number of Topliss-reactive ketones (excluding diaryl/α,β-unsaturated/α-hetero) is 1. The lowest BCUT2D eigenvalue weighted by Gasteiger charge is -2.28. The van der Waals surface area contributed by atoms with Crippen LogP contribution in [-0.4, -0.2) is 82.7 Å². The summed E-state index contributed by atoms with van der Waals surface area (Å²) in [5, 5.41) is 9.18. The first-order valence-electron chi connectivity index (χ1n) is 16.4. The highest BCUT2D eigenvalue weighted by Crippen LogP contribution is 2.30. The molecular weight excluding hydrogens is 630 g/mol. The van der Waals surface area contributed by atoms with E-state index in [2.05, 4.69) is 20.9 Å². The molecule has 2 fully saturated rings. The Hall–Kier alpha value is -4.42. The lowest BCUT2D eigenvalue weighted by Crippen LogP contribution is -2.57. The number of carbonyl (C=O) groups is 5. The van der Waals surface area contributed by atoms with Gasteiger partial charge < -0.3 is 25.6 Å². The van der Waals surface area contributed by atoms with Crippen molar-refractivity contribution < 1.29 is 28.7 Å². The molecule has 254 valence electrons. The third-order valence-electron chi connectivity index (χ3n) is 8.69. The molecule has 2 aromatic carbocycles. The van der Waals surface area contributed by atoms with Crippen LogP contribution in [-0.2, 0) is 30.3 Å². The second-order valence-corrected chi connectivity index (χ2v) is 14.3. The van der Waals surface area contributed by atoms with Crippen LogP contribution in [0.15, 0.2) is 60.8 Å². The van der Waals surface area contributed by atoms with E-state index in [0.29, 0.717) is 37.3 Å². The standard InChI is InChI=1S/C36H43N5O6S/c1-22(2)17-27(32(43)36(4)21-47-36)39-33(44)28(18-24-12-14-26(15-13-24)25-9-6-5-7-10-25)40-34(45)29-11-8-16-41(29)31(42)20-38-35(46)30-19-37-23(3)48-30/h5-7,9-10,12-15,19,22,27-29H,8,11,16-18,20-21H2,1-4H3,(H,38,46)(H,39,44)(H,40,45)/t27-,28-,29-,36+/m0/s1. The number of thiazole rings is 1. The Morgan fingerprint density at radius 2 is 1.69 bits per heavy atom. The van der Waals surface area contributed by atoms with E-state index >= 15 is 0 Å². The molecule has 2 aliphatic rings. The lowest BCUT2D eigenvalue weighted by molar-refractivity contribution is -0.139. The van der Waals surface area contributed by atoms with E-state index in [9.17, 15) is 24.0 Å². The largest absolute Gasteiger partial charge is 0.361 e. The third-order valence-corrected chi connectivity index (χ3v) is 9.61. The van der Waals surface area contributed by atoms with Gasteiger partial charge in [0.05, 0.1) is 30.4 Å². The maximum Gasteiger partial charge on any atom is 0.263 e. The Morgan fingerprint density at radius 3 is 2.31 bits per heavy atom. The smallest absolute Gasteiger partial charge is 0.263 e. The highest BCUT2D eigenvalue weighted by molar-refractivity contribution is 7.13. The molecule has 0 radical (unpaired) electrons. The zero-order valence-corrected chi connectivity index (χ0v) is 28.6. The quantitative estimate of drug-likeness (QED) is 0.222. The van der Waals surface area contributed by atoms with Crippen molar-refractivity contribution in [2.75, 3.05) is 19.7 Å². The highest BCUT2D eigenvalue weighted by atomic mass is 32.1. The summed E-state index contributed by atoms with van der Waals surface area (Å²) in [7, 11) is 0. The summed E-state index contributed by atoms with van der Waals surface area (Å²) in [6.07, 6.45) is 3.09. The van der Waals surface area contributed by atoms with Gasteiger partial charge in [-0.15, -0.1) is 11.3 Å². The van der Waals surface area contributed by atoms with Crippen LogP contribution < -0.4 is 16.0 Å². The predicted molar refractivity (Wildman–Crippen MR) is 182 cm³/mol. The highest BCUT2D eigenvalue weighted by Gasteiger charge is 2.50. The lowest BCUT2D eigenvalue weighted by atomic mass is 9.93. The molecule has 4 atom stereocenters. The fourth-order valence-corrected chi connectivity index (χ4v) is 6.61. The van der Waals surface area contributed by atoms with E-state index in [1.807, 2.05) is 68.4 Å². The molecule has 3 aromatic rings. The van der Waals surface area contributed by atoms with Crippen LogP contribution >= 0.6 is 11.3 Å². The van der Waals surface area contributed by atoms with E-state index < -0.39 is 41.4 Å². The van der Waals surface area contributed by atoms with E-state index in [0.717, 1.165) is 21.7 Å². The molecule has 3 N–H and O–H groups in total. The number of epoxide rings is 1. The van der Waals surface area contributed by atoms with Gasteiger partial charge in [-0.25, -0.2) is 4.98 Å². The van der Waals surface area contributed by atoms with E-state index in [-0.39, 0.29) is 30.6 Å². The maximum atomic E-state index is 13.9. The minimum Gasteiger partial charge on any atom is -0.361 e. The van der Waals surface area contributed by atoms with E-state index in [4.69, 9.17) is 4.74 Å². The first kappa shape index (κ1) is 34.9. The van der Waals surface area contributed by atoms with E-state index in [1.54, 1.807) is 13.8 Å². The number of rotatable bonds is 14. The molecule has 0 bridgehead atoms. The molecule has 5 rings (SSSR count).